The molecule has 90 heavy (non-hydrogen) atoms. The van der Waals surface area contributed by atoms with Gasteiger partial charge in [-0.15, -0.1) is 0 Å². The van der Waals surface area contributed by atoms with Crippen molar-refractivity contribution in [2.45, 2.75) is 475 Å². The van der Waals surface area contributed by atoms with Gasteiger partial charge in [-0.25, -0.2) is 0 Å². The maximum absolute atomic E-state index is 12.6. The highest BCUT2D eigenvalue weighted by Crippen LogP contribution is 2.20. The van der Waals surface area contributed by atoms with Crippen molar-refractivity contribution in [2.75, 3.05) is 13.2 Å². The maximum Gasteiger partial charge on any atom is 0.305 e. The fourth-order valence-electron chi connectivity index (χ4n) is 13.1. The van der Waals surface area contributed by atoms with Crippen LogP contribution in [0, 0.1) is 0 Å². The van der Waals surface area contributed by atoms with Gasteiger partial charge in [0.05, 0.1) is 25.4 Å². The van der Waals surface area contributed by atoms with E-state index in [2.05, 4.69) is 55.6 Å². The first kappa shape index (κ1) is 88.1. The lowest BCUT2D eigenvalue weighted by Gasteiger charge is -2.22. The SMILES string of the molecule is CCCCCCCC/C=C\CCCCCCCC(=O)OCCCCCCCCCCCCC/C=C\C/C=C\CCCCCCCCCCCCCCCCCCCC(=O)NC(CO)C(O)CCCCCCCCCCCCCCCCCCCCCCCCC. The first-order chi connectivity index (χ1) is 44.5. The van der Waals surface area contributed by atoms with Crippen molar-refractivity contribution >= 4 is 11.9 Å². The molecule has 0 spiro atoms. The van der Waals surface area contributed by atoms with E-state index < -0.39 is 12.1 Å². The quantitative estimate of drug-likeness (QED) is 0.0320. The average Bonchev–Trinajstić information content (AvgIpc) is 3.68. The Morgan fingerprint density at radius 3 is 0.856 bits per heavy atom. The third-order valence-electron chi connectivity index (χ3n) is 19.4. The van der Waals surface area contributed by atoms with E-state index in [1.54, 1.807) is 0 Å². The van der Waals surface area contributed by atoms with Gasteiger partial charge in [-0.2, -0.15) is 0 Å². The van der Waals surface area contributed by atoms with Crippen LogP contribution in [0.3, 0.4) is 0 Å². The summed E-state index contributed by atoms with van der Waals surface area (Å²) in [5.41, 5.74) is 0. The number of hydrogen-bond acceptors (Lipinski definition) is 5. The molecule has 0 aliphatic rings. The monoisotopic (exact) mass is 1260 g/mol. The predicted molar refractivity (Wildman–Crippen MR) is 398 cm³/mol. The van der Waals surface area contributed by atoms with Crippen molar-refractivity contribution in [1.82, 2.24) is 5.32 Å². The van der Waals surface area contributed by atoms with Gasteiger partial charge in [-0.3, -0.25) is 9.59 Å². The van der Waals surface area contributed by atoms with E-state index in [0.717, 1.165) is 51.4 Å². The number of carbonyl (C=O) groups is 2. The first-order valence-corrected chi connectivity index (χ1v) is 41.2. The Labute approximate surface area is 564 Å². The lowest BCUT2D eigenvalue weighted by Crippen LogP contribution is -2.45. The van der Waals surface area contributed by atoms with Crippen LogP contribution in [-0.4, -0.2) is 47.4 Å². The molecule has 6 nitrogen and oxygen atoms in total. The number of amides is 1. The summed E-state index contributed by atoms with van der Waals surface area (Å²) < 4.78 is 5.49. The van der Waals surface area contributed by atoms with Gasteiger partial charge in [-0.1, -0.05) is 403 Å². The molecule has 0 aliphatic carbocycles. The minimum atomic E-state index is -0.664. The topological polar surface area (TPSA) is 95.9 Å². The highest BCUT2D eigenvalue weighted by Gasteiger charge is 2.20. The first-order valence-electron chi connectivity index (χ1n) is 41.2. The molecule has 0 aromatic rings. The molecule has 532 valence electrons. The molecule has 0 aromatic heterocycles. The van der Waals surface area contributed by atoms with Crippen LogP contribution < -0.4 is 5.32 Å². The zero-order chi connectivity index (χ0) is 64.9. The van der Waals surface area contributed by atoms with E-state index in [0.29, 0.717) is 25.9 Å². The summed E-state index contributed by atoms with van der Waals surface area (Å²) in [7, 11) is 0. The van der Waals surface area contributed by atoms with E-state index in [1.807, 2.05) is 0 Å². The number of hydrogen-bond donors (Lipinski definition) is 3. The third-order valence-corrected chi connectivity index (χ3v) is 19.4. The molecule has 0 aromatic carbocycles. The standard InChI is InChI=1S/C84H161NO5/c1-3-5-7-9-11-13-15-17-19-20-21-22-36-39-42-45-49-52-56-60-64-68-72-76-82(87)81(80-86)85-83(88)77-73-69-65-61-57-53-50-46-43-40-37-34-32-30-28-26-24-23-25-27-29-31-33-35-38-41-44-47-51-55-59-63-67-71-75-79-90-84(89)78-74-70-66-62-58-54-48-18-16-14-12-10-8-6-4-2/h18,25,27,31,33,48,81-82,86-87H,3-17,19-24,26,28-30,32,34-47,49-80H2,1-2H3,(H,85,88)/b27-25-,33-31-,48-18-. The molecular formula is C84H161NO5. The molecule has 3 N–H and O–H groups in total. The van der Waals surface area contributed by atoms with Gasteiger partial charge in [0.2, 0.25) is 5.91 Å². The van der Waals surface area contributed by atoms with Crippen LogP contribution in [0.15, 0.2) is 36.5 Å². The number of unbranched alkanes of at least 4 members (excludes halogenated alkanes) is 61. The second-order valence-electron chi connectivity index (χ2n) is 28.5. The molecule has 0 saturated carbocycles. The molecule has 2 unspecified atom stereocenters. The van der Waals surface area contributed by atoms with Crippen molar-refractivity contribution in [3.63, 3.8) is 0 Å². The molecule has 6 heteroatoms. The lowest BCUT2D eigenvalue weighted by molar-refractivity contribution is -0.143. The minimum Gasteiger partial charge on any atom is -0.466 e. The molecule has 2 atom stereocenters. The molecular weight excluding hydrogens is 1100 g/mol. The zero-order valence-corrected chi connectivity index (χ0v) is 61.1. The van der Waals surface area contributed by atoms with Gasteiger partial charge < -0.3 is 20.3 Å². The van der Waals surface area contributed by atoms with Gasteiger partial charge in [0.1, 0.15) is 0 Å². The predicted octanol–water partition coefficient (Wildman–Crippen LogP) is 27.4. The van der Waals surface area contributed by atoms with Crippen LogP contribution in [0.1, 0.15) is 463 Å². The Balaban J connectivity index is 3.37. The van der Waals surface area contributed by atoms with E-state index in [4.69, 9.17) is 4.74 Å². The largest absolute Gasteiger partial charge is 0.466 e. The van der Waals surface area contributed by atoms with Crippen molar-refractivity contribution in [3.05, 3.63) is 36.5 Å². The van der Waals surface area contributed by atoms with Gasteiger partial charge >= 0.3 is 5.97 Å². The van der Waals surface area contributed by atoms with E-state index in [1.165, 1.54) is 379 Å². The number of nitrogens with one attached hydrogen (secondary N) is 1. The number of rotatable bonds is 78. The Bertz CT molecular complexity index is 1460. The minimum absolute atomic E-state index is 0.00966. The third kappa shape index (κ3) is 75.1. The number of aliphatic hydroxyl groups is 2. The molecule has 1 amide bonds. The summed E-state index contributed by atoms with van der Waals surface area (Å²) in [4.78, 5) is 24.7. The van der Waals surface area contributed by atoms with E-state index in [9.17, 15) is 19.8 Å². The molecule has 0 heterocycles. The number of carbonyl (C=O) groups excluding carboxylic acids is 2. The summed E-state index contributed by atoms with van der Waals surface area (Å²) in [5.74, 6) is -0.0175. The summed E-state index contributed by atoms with van der Waals surface area (Å²) in [6.07, 6.45) is 104. The van der Waals surface area contributed by atoms with Crippen molar-refractivity contribution in [3.8, 4) is 0 Å². The van der Waals surface area contributed by atoms with Gasteiger partial charge in [0.25, 0.3) is 0 Å². The van der Waals surface area contributed by atoms with Crippen LogP contribution in [0.5, 0.6) is 0 Å². The fraction of sp³-hybridized carbons (Fsp3) is 0.905. The second-order valence-corrected chi connectivity index (χ2v) is 28.5. The van der Waals surface area contributed by atoms with Crippen LogP contribution in [0.25, 0.3) is 0 Å². The van der Waals surface area contributed by atoms with Crippen LogP contribution in [0.4, 0.5) is 0 Å². The van der Waals surface area contributed by atoms with Gasteiger partial charge in [-0.05, 0) is 83.5 Å². The second kappa shape index (κ2) is 79.5. The summed E-state index contributed by atoms with van der Waals surface area (Å²) in [6, 6.07) is -0.541. The Kier molecular flexibility index (Phi) is 77.8. The van der Waals surface area contributed by atoms with Crippen LogP contribution in [-0.2, 0) is 14.3 Å². The molecule has 0 bridgehead atoms. The van der Waals surface area contributed by atoms with Gasteiger partial charge in [0.15, 0.2) is 0 Å². The summed E-state index contributed by atoms with van der Waals surface area (Å²) in [5, 5.41) is 23.5. The van der Waals surface area contributed by atoms with Crippen LogP contribution in [0.2, 0.25) is 0 Å². The summed E-state index contributed by atoms with van der Waals surface area (Å²) in [6.45, 7) is 4.99. The van der Waals surface area contributed by atoms with E-state index in [-0.39, 0.29) is 18.5 Å². The molecule has 0 saturated heterocycles. The van der Waals surface area contributed by atoms with Crippen molar-refractivity contribution in [1.29, 1.82) is 0 Å². The fourth-order valence-corrected chi connectivity index (χ4v) is 13.1. The highest BCUT2D eigenvalue weighted by molar-refractivity contribution is 5.76. The van der Waals surface area contributed by atoms with Crippen molar-refractivity contribution < 1.29 is 24.5 Å². The highest BCUT2D eigenvalue weighted by atomic mass is 16.5. The molecule has 0 radical (unpaired) electrons. The lowest BCUT2D eigenvalue weighted by atomic mass is 10.0. The van der Waals surface area contributed by atoms with Gasteiger partial charge in [0, 0.05) is 12.8 Å². The maximum atomic E-state index is 12.6. The zero-order valence-electron chi connectivity index (χ0n) is 61.1. The molecule has 0 fully saturated rings. The number of ether oxygens (including phenoxy) is 1. The number of aliphatic hydroxyl groups excluding tert-OH is 2. The summed E-state index contributed by atoms with van der Waals surface area (Å²) >= 11 is 0. The van der Waals surface area contributed by atoms with Crippen LogP contribution >= 0.6 is 0 Å². The number of allylic oxidation sites excluding steroid dienone is 6. The Morgan fingerprint density at radius 1 is 0.311 bits per heavy atom. The Hall–Kier alpha value is -1.92. The molecule has 0 aliphatic heterocycles. The number of esters is 1. The van der Waals surface area contributed by atoms with Crippen molar-refractivity contribution in [2.24, 2.45) is 0 Å². The smallest absolute Gasteiger partial charge is 0.305 e. The van der Waals surface area contributed by atoms with E-state index >= 15 is 0 Å². The molecule has 0 rings (SSSR count). The normalized spacial score (nSPS) is 12.6. The average molecular weight is 1270 g/mol. The Morgan fingerprint density at radius 2 is 0.556 bits per heavy atom.